The van der Waals surface area contributed by atoms with E-state index in [9.17, 15) is 0 Å². The average molecular weight is 295 g/mol. The maximum absolute atomic E-state index is 6.31. The average Bonchev–Trinajstić information content (AvgIpc) is 2.84. The van der Waals surface area contributed by atoms with Crippen molar-refractivity contribution in [3.63, 3.8) is 0 Å². The Balaban J connectivity index is 2.42. The number of imidazole rings is 1. The Bertz CT molecular complexity index is 560. The van der Waals surface area contributed by atoms with Crippen LogP contribution in [0.2, 0.25) is 0 Å². The third-order valence-electron chi connectivity index (χ3n) is 3.73. The van der Waals surface area contributed by atoms with E-state index in [-0.39, 0.29) is 5.38 Å². The molecule has 5 heteroatoms. The zero-order valence-electron chi connectivity index (χ0n) is 12.7. The van der Waals surface area contributed by atoms with Gasteiger partial charge in [0.1, 0.15) is 11.3 Å². The zero-order valence-corrected chi connectivity index (χ0v) is 13.4. The molecule has 0 amide bonds. The molecular weight excluding hydrogens is 272 g/mol. The van der Waals surface area contributed by atoms with E-state index >= 15 is 0 Å². The van der Waals surface area contributed by atoms with Crippen molar-refractivity contribution in [2.45, 2.75) is 39.1 Å². The van der Waals surface area contributed by atoms with Gasteiger partial charge in [0.15, 0.2) is 0 Å². The Morgan fingerprint density at radius 2 is 2.00 bits per heavy atom. The number of hydrogen-bond donors (Lipinski definition) is 0. The second-order valence-electron chi connectivity index (χ2n) is 5.16. The van der Waals surface area contributed by atoms with Gasteiger partial charge >= 0.3 is 0 Å². The molecule has 0 radical (unpaired) electrons. The molecule has 2 aromatic rings. The fourth-order valence-corrected chi connectivity index (χ4v) is 2.80. The molecule has 0 aliphatic carbocycles. The van der Waals surface area contributed by atoms with Crippen molar-refractivity contribution >= 4 is 22.6 Å². The van der Waals surface area contributed by atoms with Gasteiger partial charge in [-0.3, -0.25) is 4.98 Å². The van der Waals surface area contributed by atoms with Crippen LogP contribution in [0.1, 0.15) is 44.9 Å². The van der Waals surface area contributed by atoms with Crippen LogP contribution in [0.25, 0.3) is 11.0 Å². The molecule has 0 bridgehead atoms. The molecule has 0 aromatic carbocycles. The van der Waals surface area contributed by atoms with E-state index < -0.39 is 0 Å². The minimum Gasteiger partial charge on any atom is -0.323 e. The van der Waals surface area contributed by atoms with Gasteiger partial charge in [0.2, 0.25) is 0 Å². The summed E-state index contributed by atoms with van der Waals surface area (Å²) in [6, 6.07) is 2.35. The lowest BCUT2D eigenvalue weighted by atomic mass is 10.2. The van der Waals surface area contributed by atoms with E-state index in [1.807, 2.05) is 19.2 Å². The number of fused-ring (bicyclic) bond motifs is 1. The first-order valence-electron chi connectivity index (χ1n) is 7.26. The lowest BCUT2D eigenvalue weighted by Crippen LogP contribution is -2.30. The van der Waals surface area contributed by atoms with E-state index in [4.69, 9.17) is 11.6 Å². The minimum absolute atomic E-state index is 0.110. The van der Waals surface area contributed by atoms with Crippen molar-refractivity contribution in [2.75, 3.05) is 19.6 Å². The van der Waals surface area contributed by atoms with Crippen LogP contribution in [-0.2, 0) is 0 Å². The van der Waals surface area contributed by atoms with Crippen LogP contribution in [-0.4, -0.2) is 39.1 Å². The van der Waals surface area contributed by atoms with Crippen LogP contribution in [0.4, 0.5) is 0 Å². The summed E-state index contributed by atoms with van der Waals surface area (Å²) >= 11 is 6.31. The van der Waals surface area contributed by atoms with Crippen molar-refractivity contribution in [1.82, 2.24) is 19.4 Å². The minimum atomic E-state index is -0.110. The number of nitrogens with zero attached hydrogens (tertiary/aromatic N) is 4. The molecule has 0 saturated heterocycles. The SMILES string of the molecule is CCN(CC)CC(C)n1c(C(C)Cl)nc2cnccc21. The van der Waals surface area contributed by atoms with Gasteiger partial charge in [-0.25, -0.2) is 4.98 Å². The summed E-state index contributed by atoms with van der Waals surface area (Å²) in [5.74, 6) is 0.925. The number of alkyl halides is 1. The molecule has 0 N–H and O–H groups in total. The summed E-state index contributed by atoms with van der Waals surface area (Å²) < 4.78 is 2.26. The molecule has 0 fully saturated rings. The maximum Gasteiger partial charge on any atom is 0.128 e. The Hall–Kier alpha value is -1.13. The number of pyridine rings is 1. The first-order valence-corrected chi connectivity index (χ1v) is 7.70. The van der Waals surface area contributed by atoms with E-state index in [1.165, 1.54) is 0 Å². The highest BCUT2D eigenvalue weighted by molar-refractivity contribution is 6.20. The molecule has 2 atom stereocenters. The summed E-state index contributed by atoms with van der Waals surface area (Å²) in [5, 5.41) is -0.110. The van der Waals surface area contributed by atoms with Crippen molar-refractivity contribution in [2.24, 2.45) is 0 Å². The van der Waals surface area contributed by atoms with Gasteiger partial charge < -0.3 is 9.47 Å². The second kappa shape index (κ2) is 6.55. The van der Waals surface area contributed by atoms with Crippen LogP contribution < -0.4 is 0 Å². The number of rotatable bonds is 6. The highest BCUT2D eigenvalue weighted by atomic mass is 35.5. The van der Waals surface area contributed by atoms with Gasteiger partial charge in [0.25, 0.3) is 0 Å². The van der Waals surface area contributed by atoms with Crippen molar-refractivity contribution in [1.29, 1.82) is 0 Å². The van der Waals surface area contributed by atoms with Gasteiger partial charge in [0.05, 0.1) is 17.1 Å². The zero-order chi connectivity index (χ0) is 14.7. The quantitative estimate of drug-likeness (QED) is 0.763. The van der Waals surface area contributed by atoms with Gasteiger partial charge in [-0.15, -0.1) is 11.6 Å². The highest BCUT2D eigenvalue weighted by Crippen LogP contribution is 2.27. The number of halogens is 1. The second-order valence-corrected chi connectivity index (χ2v) is 5.81. The molecule has 0 spiro atoms. The molecular formula is C15H23ClN4. The monoisotopic (exact) mass is 294 g/mol. The Kier molecular flexibility index (Phi) is 5.00. The third-order valence-corrected chi connectivity index (χ3v) is 3.93. The lowest BCUT2D eigenvalue weighted by molar-refractivity contribution is 0.261. The van der Waals surface area contributed by atoms with E-state index in [0.29, 0.717) is 6.04 Å². The van der Waals surface area contributed by atoms with Crippen molar-refractivity contribution in [3.8, 4) is 0 Å². The molecule has 2 heterocycles. The van der Waals surface area contributed by atoms with Crippen molar-refractivity contribution in [3.05, 3.63) is 24.3 Å². The smallest absolute Gasteiger partial charge is 0.128 e. The van der Waals surface area contributed by atoms with Crippen LogP contribution in [0.5, 0.6) is 0 Å². The summed E-state index contributed by atoms with van der Waals surface area (Å²) in [4.78, 5) is 11.2. The Labute approximate surface area is 125 Å². The van der Waals surface area contributed by atoms with Gasteiger partial charge in [-0.1, -0.05) is 13.8 Å². The van der Waals surface area contributed by atoms with Gasteiger partial charge in [0, 0.05) is 18.8 Å². The predicted molar refractivity (Wildman–Crippen MR) is 84.3 cm³/mol. The molecule has 2 aromatic heterocycles. The molecule has 0 aliphatic heterocycles. The molecule has 4 nitrogen and oxygen atoms in total. The predicted octanol–water partition coefficient (Wildman–Crippen LogP) is 3.63. The van der Waals surface area contributed by atoms with Crippen molar-refractivity contribution < 1.29 is 0 Å². The molecule has 2 unspecified atom stereocenters. The maximum atomic E-state index is 6.31. The summed E-state index contributed by atoms with van der Waals surface area (Å²) in [6.07, 6.45) is 3.62. The standard InChI is InChI=1S/C15H23ClN4/c1-5-19(6-2)10-11(3)20-14-7-8-17-9-13(14)18-15(20)12(4)16/h7-9,11-12H,5-6,10H2,1-4H3. The van der Waals surface area contributed by atoms with Crippen LogP contribution in [0.3, 0.4) is 0 Å². The Morgan fingerprint density at radius 3 is 2.60 bits per heavy atom. The third kappa shape index (κ3) is 2.96. The topological polar surface area (TPSA) is 34.0 Å². The number of hydrogen-bond acceptors (Lipinski definition) is 3. The molecule has 2 rings (SSSR count). The van der Waals surface area contributed by atoms with E-state index in [0.717, 1.165) is 36.5 Å². The normalized spacial score (nSPS) is 14.9. The summed E-state index contributed by atoms with van der Waals surface area (Å²) in [5.41, 5.74) is 2.03. The largest absolute Gasteiger partial charge is 0.323 e. The fraction of sp³-hybridized carbons (Fsp3) is 0.600. The first-order chi connectivity index (χ1) is 9.58. The molecule has 20 heavy (non-hydrogen) atoms. The van der Waals surface area contributed by atoms with Crippen LogP contribution in [0, 0.1) is 0 Å². The first kappa shape index (κ1) is 15.3. The fourth-order valence-electron chi connectivity index (χ4n) is 2.65. The summed E-state index contributed by atoms with van der Waals surface area (Å²) in [7, 11) is 0. The number of aromatic nitrogens is 3. The van der Waals surface area contributed by atoms with Crippen LogP contribution >= 0.6 is 11.6 Å². The Morgan fingerprint density at radius 1 is 1.30 bits per heavy atom. The van der Waals surface area contributed by atoms with Gasteiger partial charge in [-0.05, 0) is 33.0 Å². The number of likely N-dealkylation sites (N-methyl/N-ethyl adjacent to an activating group) is 1. The summed E-state index contributed by atoms with van der Waals surface area (Å²) in [6.45, 7) is 11.7. The lowest BCUT2D eigenvalue weighted by Gasteiger charge is -2.25. The highest BCUT2D eigenvalue weighted by Gasteiger charge is 2.20. The molecule has 0 aliphatic rings. The van der Waals surface area contributed by atoms with E-state index in [2.05, 4.69) is 40.2 Å². The molecule has 0 saturated carbocycles. The molecule has 110 valence electrons. The van der Waals surface area contributed by atoms with E-state index in [1.54, 1.807) is 6.20 Å². The van der Waals surface area contributed by atoms with Gasteiger partial charge in [-0.2, -0.15) is 0 Å². The van der Waals surface area contributed by atoms with Crippen LogP contribution in [0.15, 0.2) is 18.5 Å².